The molecule has 0 aliphatic rings. The van der Waals surface area contributed by atoms with Crippen molar-refractivity contribution in [1.82, 2.24) is 4.98 Å². The normalized spacial score (nSPS) is 11.8. The molecule has 0 atom stereocenters. The fourth-order valence-electron chi connectivity index (χ4n) is 3.33. The molecule has 0 aliphatic carbocycles. The number of sulfonamides is 1. The van der Waals surface area contributed by atoms with Crippen molar-refractivity contribution in [3.05, 3.63) is 83.0 Å². The van der Waals surface area contributed by atoms with Gasteiger partial charge in [0.2, 0.25) is 0 Å². The van der Waals surface area contributed by atoms with Gasteiger partial charge in [-0.1, -0.05) is 36.4 Å². The predicted octanol–water partition coefficient (Wildman–Crippen LogP) is 6.14. The Kier molecular flexibility index (Phi) is 6.93. The van der Waals surface area contributed by atoms with Crippen LogP contribution in [0, 0.1) is 5.82 Å². The number of nitrogens with one attached hydrogen (secondary N) is 1. The van der Waals surface area contributed by atoms with E-state index in [2.05, 4.69) is 9.71 Å². The SMILES string of the molecule is COc1cc(C(=O)O)c(F)cc1NS(=O)(=O)c1csc(-c2ccc(-c3ccc(C(F)(F)F)cc3)cc2)n1. The van der Waals surface area contributed by atoms with E-state index in [0.29, 0.717) is 27.8 Å². The summed E-state index contributed by atoms with van der Waals surface area (Å²) in [4.78, 5) is 15.2. The van der Waals surface area contributed by atoms with Gasteiger partial charge in [-0.25, -0.2) is 14.2 Å². The number of halogens is 4. The first-order valence-corrected chi connectivity index (χ1v) is 12.6. The highest BCUT2D eigenvalue weighted by atomic mass is 32.2. The van der Waals surface area contributed by atoms with Gasteiger partial charge in [0, 0.05) is 17.0 Å². The number of carboxylic acid groups (broad SMARTS) is 1. The summed E-state index contributed by atoms with van der Waals surface area (Å²) in [5.74, 6) is -2.89. The number of hydrogen-bond acceptors (Lipinski definition) is 6. The second-order valence-electron chi connectivity index (χ2n) is 7.59. The van der Waals surface area contributed by atoms with Crippen LogP contribution in [0.25, 0.3) is 21.7 Å². The van der Waals surface area contributed by atoms with Crippen LogP contribution in [-0.4, -0.2) is 31.6 Å². The number of anilines is 1. The molecule has 0 fully saturated rings. The van der Waals surface area contributed by atoms with Crippen molar-refractivity contribution < 1.29 is 40.6 Å². The van der Waals surface area contributed by atoms with Gasteiger partial charge in [-0.3, -0.25) is 4.72 Å². The van der Waals surface area contributed by atoms with Crippen LogP contribution in [0.1, 0.15) is 15.9 Å². The average Bonchev–Trinajstić information content (AvgIpc) is 3.35. The highest BCUT2D eigenvalue weighted by molar-refractivity contribution is 7.92. The fraction of sp³-hybridized carbons (Fsp3) is 0.0833. The summed E-state index contributed by atoms with van der Waals surface area (Å²) in [5, 5.41) is 10.3. The molecule has 0 bridgehead atoms. The summed E-state index contributed by atoms with van der Waals surface area (Å²) in [6, 6.07) is 12.9. The second kappa shape index (κ2) is 9.82. The number of alkyl halides is 3. The molecule has 1 aromatic heterocycles. The summed E-state index contributed by atoms with van der Waals surface area (Å²) in [7, 11) is -3.11. The van der Waals surface area contributed by atoms with Crippen molar-refractivity contribution in [2.75, 3.05) is 11.8 Å². The standard InChI is InChI=1S/C24H16F4N2O5S2/c1-35-20-10-17(23(31)32)18(25)11-19(20)30-37(33,34)21-12-36-22(29-21)15-4-2-13(3-5-15)14-6-8-16(9-7-14)24(26,27)28/h2-12,30H,1H3,(H,31,32). The molecule has 4 aromatic rings. The first kappa shape index (κ1) is 26.1. The molecule has 0 unspecified atom stereocenters. The summed E-state index contributed by atoms with van der Waals surface area (Å²) >= 11 is 1.03. The van der Waals surface area contributed by atoms with Crippen LogP contribution < -0.4 is 9.46 Å². The zero-order chi connectivity index (χ0) is 27.0. The van der Waals surface area contributed by atoms with Gasteiger partial charge in [0.05, 0.1) is 23.9 Å². The Bertz CT molecular complexity index is 1570. The molecule has 1 heterocycles. The smallest absolute Gasteiger partial charge is 0.416 e. The summed E-state index contributed by atoms with van der Waals surface area (Å²) in [6.45, 7) is 0. The number of methoxy groups -OCH3 is 1. The van der Waals surface area contributed by atoms with Crippen LogP contribution in [0.15, 0.2) is 71.1 Å². The van der Waals surface area contributed by atoms with Crippen molar-refractivity contribution in [2.24, 2.45) is 0 Å². The molecule has 0 radical (unpaired) electrons. The van der Waals surface area contributed by atoms with E-state index in [1.165, 1.54) is 24.6 Å². The van der Waals surface area contributed by atoms with Gasteiger partial charge < -0.3 is 9.84 Å². The van der Waals surface area contributed by atoms with Crippen LogP contribution in [0.2, 0.25) is 0 Å². The highest BCUT2D eigenvalue weighted by Crippen LogP contribution is 2.34. The molecule has 3 aromatic carbocycles. The maximum Gasteiger partial charge on any atom is 0.416 e. The average molecular weight is 553 g/mol. The Morgan fingerprint density at radius 3 is 2.11 bits per heavy atom. The van der Waals surface area contributed by atoms with E-state index in [1.807, 2.05) is 0 Å². The maximum absolute atomic E-state index is 14.1. The van der Waals surface area contributed by atoms with Gasteiger partial charge in [0.25, 0.3) is 10.0 Å². The Morgan fingerprint density at radius 1 is 1.00 bits per heavy atom. The van der Waals surface area contributed by atoms with Crippen LogP contribution in [-0.2, 0) is 16.2 Å². The Hall–Kier alpha value is -3.97. The summed E-state index contributed by atoms with van der Waals surface area (Å²) in [6.07, 6.45) is -4.43. The van der Waals surface area contributed by atoms with Crippen molar-refractivity contribution in [3.8, 4) is 27.4 Å². The second-order valence-corrected chi connectivity index (χ2v) is 10.1. The van der Waals surface area contributed by atoms with Gasteiger partial charge in [-0.15, -0.1) is 11.3 Å². The van der Waals surface area contributed by atoms with E-state index < -0.39 is 39.1 Å². The van der Waals surface area contributed by atoms with Gasteiger partial charge in [0.15, 0.2) is 5.03 Å². The number of thiazole rings is 1. The minimum atomic E-state index is -4.43. The van der Waals surface area contributed by atoms with E-state index in [9.17, 15) is 30.8 Å². The molecule has 7 nitrogen and oxygen atoms in total. The number of hydrogen-bond donors (Lipinski definition) is 2. The number of carbonyl (C=O) groups is 1. The molecule has 0 saturated heterocycles. The molecule has 0 spiro atoms. The fourth-order valence-corrected chi connectivity index (χ4v) is 5.50. The molecular formula is C24H16F4N2O5S2. The number of benzene rings is 3. The maximum atomic E-state index is 14.1. The molecule has 13 heteroatoms. The van der Waals surface area contributed by atoms with Crippen LogP contribution in [0.3, 0.4) is 0 Å². The third-order valence-corrected chi connectivity index (χ3v) is 7.49. The molecular weight excluding hydrogens is 536 g/mol. The zero-order valence-corrected chi connectivity index (χ0v) is 20.3. The minimum absolute atomic E-state index is 0.198. The lowest BCUT2D eigenvalue weighted by Gasteiger charge is -2.12. The Labute approximate surface area is 212 Å². The van der Waals surface area contributed by atoms with Gasteiger partial charge in [0.1, 0.15) is 16.6 Å². The predicted molar refractivity (Wildman–Crippen MR) is 129 cm³/mol. The van der Waals surface area contributed by atoms with Crippen molar-refractivity contribution in [3.63, 3.8) is 0 Å². The molecule has 2 N–H and O–H groups in total. The summed E-state index contributed by atoms with van der Waals surface area (Å²) in [5.41, 5.74) is 0.0485. The van der Waals surface area contributed by atoms with E-state index in [-0.39, 0.29) is 16.5 Å². The lowest BCUT2D eigenvalue weighted by molar-refractivity contribution is -0.137. The largest absolute Gasteiger partial charge is 0.495 e. The number of nitrogens with zero attached hydrogens (tertiary/aromatic N) is 1. The van der Waals surface area contributed by atoms with Gasteiger partial charge in [-0.2, -0.15) is 21.6 Å². The van der Waals surface area contributed by atoms with Gasteiger partial charge >= 0.3 is 12.1 Å². The molecule has 0 saturated carbocycles. The number of aromatic nitrogens is 1. The number of carboxylic acids is 1. The van der Waals surface area contributed by atoms with Crippen LogP contribution in [0.5, 0.6) is 5.75 Å². The summed E-state index contributed by atoms with van der Waals surface area (Å²) < 4.78 is 85.3. The monoisotopic (exact) mass is 552 g/mol. The Morgan fingerprint density at radius 2 is 1.57 bits per heavy atom. The van der Waals surface area contributed by atoms with E-state index in [1.54, 1.807) is 24.3 Å². The Balaban J connectivity index is 1.55. The number of ether oxygens (including phenoxy) is 1. The number of rotatable bonds is 7. The van der Waals surface area contributed by atoms with E-state index >= 15 is 0 Å². The third kappa shape index (κ3) is 5.57. The van der Waals surface area contributed by atoms with Crippen LogP contribution in [0.4, 0.5) is 23.2 Å². The topological polar surface area (TPSA) is 106 Å². The first-order valence-electron chi connectivity index (χ1n) is 10.3. The van der Waals surface area contributed by atoms with Crippen molar-refractivity contribution >= 4 is 33.0 Å². The zero-order valence-electron chi connectivity index (χ0n) is 18.7. The first-order chi connectivity index (χ1) is 17.4. The highest BCUT2D eigenvalue weighted by Gasteiger charge is 2.30. The van der Waals surface area contributed by atoms with Gasteiger partial charge in [-0.05, 0) is 29.3 Å². The minimum Gasteiger partial charge on any atom is -0.495 e. The quantitative estimate of drug-likeness (QED) is 0.267. The van der Waals surface area contributed by atoms with Crippen molar-refractivity contribution in [2.45, 2.75) is 11.2 Å². The van der Waals surface area contributed by atoms with Crippen LogP contribution >= 0.6 is 11.3 Å². The number of aromatic carboxylic acids is 1. The molecule has 37 heavy (non-hydrogen) atoms. The lowest BCUT2D eigenvalue weighted by Crippen LogP contribution is -2.15. The lowest BCUT2D eigenvalue weighted by atomic mass is 10.0. The van der Waals surface area contributed by atoms with Crippen molar-refractivity contribution in [1.29, 1.82) is 0 Å². The molecule has 0 aliphatic heterocycles. The molecule has 192 valence electrons. The van der Waals surface area contributed by atoms with E-state index in [4.69, 9.17) is 9.84 Å². The molecule has 4 rings (SSSR count). The van der Waals surface area contributed by atoms with E-state index in [0.717, 1.165) is 29.5 Å². The molecule has 0 amide bonds. The third-order valence-electron chi connectivity index (χ3n) is 5.20.